The van der Waals surface area contributed by atoms with E-state index < -0.39 is 16.0 Å². The van der Waals surface area contributed by atoms with Crippen molar-refractivity contribution >= 4 is 22.5 Å². The van der Waals surface area contributed by atoms with Crippen molar-refractivity contribution in [2.45, 2.75) is 39.5 Å². The van der Waals surface area contributed by atoms with Crippen LogP contribution in [0.25, 0.3) is 0 Å². The van der Waals surface area contributed by atoms with Gasteiger partial charge in [-0.15, -0.1) is 0 Å². The molecule has 0 aliphatic heterocycles. The Morgan fingerprint density at radius 2 is 1.26 bits per heavy atom. The minimum Gasteiger partial charge on any atom is -0.771 e. The molecule has 23 heavy (non-hydrogen) atoms. The molecule has 0 heterocycles. The first-order chi connectivity index (χ1) is 10.8. The zero-order valence-electron chi connectivity index (χ0n) is 14.4. The number of hydrogen-bond acceptors (Lipinski definition) is 3. The Hall–Kier alpha value is -1.65. The predicted molar refractivity (Wildman–Crippen MR) is 96.7 cm³/mol. The molecule has 0 fully saturated rings. The van der Waals surface area contributed by atoms with Crippen molar-refractivity contribution in [2.75, 3.05) is 4.90 Å². The first-order valence-corrected chi connectivity index (χ1v) is 8.87. The van der Waals surface area contributed by atoms with Crippen LogP contribution >= 0.6 is 0 Å². The Bertz CT molecular complexity index is 634. The highest BCUT2D eigenvalue weighted by Crippen LogP contribution is 2.39. The second kappa shape index (κ2) is 6.85. The average molecular weight is 330 g/mol. The lowest BCUT2D eigenvalue weighted by Gasteiger charge is -2.47. The molecule has 4 heteroatoms. The van der Waals surface area contributed by atoms with Crippen LogP contribution in [-0.2, 0) is 11.1 Å². The van der Waals surface area contributed by atoms with Gasteiger partial charge in [0, 0.05) is 11.4 Å². The van der Waals surface area contributed by atoms with Crippen molar-refractivity contribution in [2.24, 2.45) is 5.92 Å². The van der Waals surface area contributed by atoms with Crippen molar-refractivity contribution in [3.63, 3.8) is 0 Å². The number of benzene rings is 2. The molecule has 2 atom stereocenters. The van der Waals surface area contributed by atoms with Crippen molar-refractivity contribution < 1.29 is 8.76 Å². The van der Waals surface area contributed by atoms with Gasteiger partial charge in [-0.1, -0.05) is 49.2 Å². The van der Waals surface area contributed by atoms with E-state index in [0.717, 1.165) is 22.5 Å². The van der Waals surface area contributed by atoms with E-state index in [9.17, 15) is 8.76 Å². The maximum atomic E-state index is 12.1. The molecule has 0 N–H and O–H groups in total. The van der Waals surface area contributed by atoms with E-state index in [1.165, 1.54) is 0 Å². The largest absolute Gasteiger partial charge is 0.771 e. The number of nitrogens with zero attached hydrogens (tertiary/aromatic N) is 1. The lowest BCUT2D eigenvalue weighted by atomic mass is 10.0. The standard InChI is InChI=1S/C19H25NO2S/c1-14(2)19(5,23(21)22)20(17-10-6-15(3)7-11-17)18-12-8-16(4)9-13-18/h6-14H,1-5H3,(H,21,22)/p-1. The van der Waals surface area contributed by atoms with E-state index >= 15 is 0 Å². The molecule has 0 aliphatic carbocycles. The van der Waals surface area contributed by atoms with Gasteiger partial charge in [0.05, 0.1) is 0 Å². The predicted octanol–water partition coefficient (Wildman–Crippen LogP) is 4.69. The highest BCUT2D eigenvalue weighted by atomic mass is 32.2. The fraction of sp³-hybridized carbons (Fsp3) is 0.368. The molecule has 2 rings (SSSR count). The lowest BCUT2D eigenvalue weighted by Crippen LogP contribution is -2.51. The summed E-state index contributed by atoms with van der Waals surface area (Å²) in [7, 11) is 0. The summed E-state index contributed by atoms with van der Waals surface area (Å²) in [5, 5.41) is 0. The minimum atomic E-state index is -2.26. The molecule has 3 nitrogen and oxygen atoms in total. The fourth-order valence-electron chi connectivity index (χ4n) is 2.57. The zero-order chi connectivity index (χ0) is 17.2. The Balaban J connectivity index is 2.66. The van der Waals surface area contributed by atoms with Gasteiger partial charge in [-0.3, -0.25) is 4.21 Å². The van der Waals surface area contributed by atoms with Crippen LogP contribution in [0.5, 0.6) is 0 Å². The summed E-state index contributed by atoms with van der Waals surface area (Å²) in [4.78, 5) is 0.879. The second-order valence-electron chi connectivity index (χ2n) is 6.45. The average Bonchev–Trinajstić information content (AvgIpc) is 2.50. The second-order valence-corrected chi connectivity index (χ2v) is 7.75. The fourth-order valence-corrected chi connectivity index (χ4v) is 3.32. The van der Waals surface area contributed by atoms with Gasteiger partial charge in [0.25, 0.3) is 0 Å². The zero-order valence-corrected chi connectivity index (χ0v) is 15.2. The highest BCUT2D eigenvalue weighted by Gasteiger charge is 2.38. The number of anilines is 2. The monoisotopic (exact) mass is 330 g/mol. The topological polar surface area (TPSA) is 43.4 Å². The summed E-state index contributed by atoms with van der Waals surface area (Å²) in [5.41, 5.74) is 4.04. The van der Waals surface area contributed by atoms with Gasteiger partial charge in [-0.2, -0.15) is 0 Å². The van der Waals surface area contributed by atoms with Crippen molar-refractivity contribution in [1.29, 1.82) is 0 Å². The maximum Gasteiger partial charge on any atom is 0.107 e. The Morgan fingerprint density at radius 3 is 1.52 bits per heavy atom. The molecular weight excluding hydrogens is 306 g/mol. The molecule has 2 unspecified atom stereocenters. The van der Waals surface area contributed by atoms with Crippen molar-refractivity contribution in [1.82, 2.24) is 0 Å². The third-order valence-electron chi connectivity index (χ3n) is 4.44. The van der Waals surface area contributed by atoms with Crippen LogP contribution in [0, 0.1) is 19.8 Å². The molecule has 2 aromatic carbocycles. The molecule has 124 valence electrons. The van der Waals surface area contributed by atoms with Gasteiger partial charge in [0.1, 0.15) is 4.87 Å². The third-order valence-corrected chi connectivity index (χ3v) is 5.77. The van der Waals surface area contributed by atoms with E-state index in [0.29, 0.717) is 0 Å². The van der Waals surface area contributed by atoms with Crippen LogP contribution < -0.4 is 4.90 Å². The number of hydrogen-bond donors (Lipinski definition) is 0. The van der Waals surface area contributed by atoms with E-state index in [4.69, 9.17) is 0 Å². The summed E-state index contributed by atoms with van der Waals surface area (Å²) in [6, 6.07) is 15.9. The SMILES string of the molecule is Cc1ccc(N(c2ccc(C)cc2)C(C)(C(C)C)S(=O)[O-])cc1. The molecule has 0 radical (unpaired) electrons. The van der Waals surface area contributed by atoms with Gasteiger partial charge >= 0.3 is 0 Å². The van der Waals surface area contributed by atoms with Crippen LogP contribution in [0.2, 0.25) is 0 Å². The number of rotatable bonds is 5. The smallest absolute Gasteiger partial charge is 0.107 e. The number of aryl methyl sites for hydroxylation is 2. The van der Waals surface area contributed by atoms with Crippen molar-refractivity contribution in [3.8, 4) is 0 Å². The van der Waals surface area contributed by atoms with Crippen LogP contribution in [-0.4, -0.2) is 13.6 Å². The quantitative estimate of drug-likeness (QED) is 0.747. The molecule has 0 aromatic heterocycles. The molecule has 0 bridgehead atoms. The van der Waals surface area contributed by atoms with Gasteiger partial charge in [-0.25, -0.2) is 0 Å². The van der Waals surface area contributed by atoms with Gasteiger partial charge in [0.15, 0.2) is 0 Å². The van der Waals surface area contributed by atoms with Crippen LogP contribution in [0.4, 0.5) is 11.4 Å². The molecule has 0 spiro atoms. The molecular formula is C19H24NO2S-. The summed E-state index contributed by atoms with van der Waals surface area (Å²) in [6.45, 7) is 9.69. The van der Waals surface area contributed by atoms with E-state index in [2.05, 4.69) is 0 Å². The molecule has 0 aliphatic rings. The Kier molecular flexibility index (Phi) is 5.27. The van der Waals surface area contributed by atoms with Crippen molar-refractivity contribution in [3.05, 3.63) is 59.7 Å². The highest BCUT2D eigenvalue weighted by molar-refractivity contribution is 7.80. The van der Waals surface area contributed by atoms with Gasteiger partial charge in [-0.05, 0) is 62.0 Å². The summed E-state index contributed by atoms with van der Waals surface area (Å²) in [6.07, 6.45) is 0. The van der Waals surface area contributed by atoms with E-state index in [1.54, 1.807) is 6.92 Å². The summed E-state index contributed by atoms with van der Waals surface area (Å²) >= 11 is -2.26. The molecule has 2 aromatic rings. The summed E-state index contributed by atoms with van der Waals surface area (Å²) < 4.78 is 24.3. The first kappa shape index (κ1) is 17.7. The van der Waals surface area contributed by atoms with Gasteiger partial charge in [0.2, 0.25) is 0 Å². The normalized spacial score (nSPS) is 15.3. The summed E-state index contributed by atoms with van der Waals surface area (Å²) in [5.74, 6) is -0.0801. The van der Waals surface area contributed by atoms with E-state index in [-0.39, 0.29) is 5.92 Å². The van der Waals surface area contributed by atoms with Crippen LogP contribution in [0.3, 0.4) is 0 Å². The van der Waals surface area contributed by atoms with Gasteiger partial charge < -0.3 is 9.45 Å². The maximum absolute atomic E-state index is 12.1. The van der Waals surface area contributed by atoms with Crippen LogP contribution in [0.15, 0.2) is 48.5 Å². The molecule has 0 amide bonds. The Labute approximate surface area is 141 Å². The first-order valence-electron chi connectivity index (χ1n) is 7.79. The minimum absolute atomic E-state index is 0.0801. The Morgan fingerprint density at radius 1 is 0.913 bits per heavy atom. The van der Waals surface area contributed by atoms with Crippen LogP contribution in [0.1, 0.15) is 31.9 Å². The van der Waals surface area contributed by atoms with E-state index in [1.807, 2.05) is 81.1 Å². The third kappa shape index (κ3) is 3.48. The molecule has 0 saturated carbocycles. The molecule has 0 saturated heterocycles. The lowest BCUT2D eigenvalue weighted by molar-refractivity contribution is 0.410.